The van der Waals surface area contributed by atoms with E-state index in [2.05, 4.69) is 0 Å². The van der Waals surface area contributed by atoms with Crippen LogP contribution in [-0.2, 0) is 11.3 Å². The molecule has 2 N–H and O–H groups in total. The predicted octanol–water partition coefficient (Wildman–Crippen LogP) is 0.899. The number of nitrogens with zero attached hydrogens (tertiary/aromatic N) is 1. The summed E-state index contributed by atoms with van der Waals surface area (Å²) in [6, 6.07) is 3.51. The monoisotopic (exact) mass is 253 g/mol. The summed E-state index contributed by atoms with van der Waals surface area (Å²) in [6.07, 6.45) is 0.154. The normalized spacial score (nSPS) is 12.8. The van der Waals surface area contributed by atoms with E-state index in [0.29, 0.717) is 5.39 Å². The highest BCUT2D eigenvalue weighted by molar-refractivity contribution is 7.17. The Bertz CT molecular complexity index is 601. The van der Waals surface area contributed by atoms with Crippen LogP contribution in [0.25, 0.3) is 10.1 Å². The lowest BCUT2D eigenvalue weighted by atomic mass is 10.2. The van der Waals surface area contributed by atoms with E-state index in [9.17, 15) is 14.7 Å². The van der Waals surface area contributed by atoms with E-state index in [1.165, 1.54) is 15.9 Å². The highest BCUT2D eigenvalue weighted by atomic mass is 32.1. The van der Waals surface area contributed by atoms with Crippen LogP contribution < -0.4 is 5.56 Å². The summed E-state index contributed by atoms with van der Waals surface area (Å²) in [5, 5.41) is 20.4. The third-order valence-electron chi connectivity index (χ3n) is 2.41. The second kappa shape index (κ2) is 4.68. The van der Waals surface area contributed by atoms with Gasteiger partial charge >= 0.3 is 5.97 Å². The van der Waals surface area contributed by atoms with Crippen LogP contribution in [-0.4, -0.2) is 26.9 Å². The lowest BCUT2D eigenvalue weighted by Crippen LogP contribution is -2.27. The molecule has 0 aromatic carbocycles. The molecule has 2 aromatic rings. The van der Waals surface area contributed by atoms with Crippen molar-refractivity contribution >= 4 is 27.4 Å². The largest absolute Gasteiger partial charge is 0.481 e. The first-order valence-corrected chi connectivity index (χ1v) is 5.92. The Hall–Kier alpha value is -1.66. The van der Waals surface area contributed by atoms with Crippen molar-refractivity contribution < 1.29 is 15.0 Å². The molecule has 5 nitrogen and oxygen atoms in total. The van der Waals surface area contributed by atoms with E-state index < -0.39 is 12.1 Å². The molecule has 0 fully saturated rings. The number of carboxylic acid groups (broad SMARTS) is 1. The van der Waals surface area contributed by atoms with Gasteiger partial charge in [0.05, 0.1) is 24.5 Å². The molecule has 0 saturated heterocycles. The van der Waals surface area contributed by atoms with Gasteiger partial charge in [0.15, 0.2) is 0 Å². The van der Waals surface area contributed by atoms with Crippen molar-refractivity contribution in [2.75, 3.05) is 0 Å². The molecule has 17 heavy (non-hydrogen) atoms. The maximum atomic E-state index is 11.9. The van der Waals surface area contributed by atoms with Crippen molar-refractivity contribution in [3.63, 3.8) is 0 Å². The standard InChI is InChI=1S/C11H11NO4S/c13-7(5-10(14)15)6-12-3-1-9-8(11(12)16)2-4-17-9/h1-4,7,13H,5-6H2,(H,14,15). The first-order valence-electron chi connectivity index (χ1n) is 5.04. The van der Waals surface area contributed by atoms with Crippen LogP contribution in [0.1, 0.15) is 6.42 Å². The molecule has 0 aliphatic rings. The Labute approximate surface area is 101 Å². The zero-order valence-corrected chi connectivity index (χ0v) is 9.68. The van der Waals surface area contributed by atoms with Crippen molar-refractivity contribution in [1.29, 1.82) is 0 Å². The molecular weight excluding hydrogens is 242 g/mol. The summed E-state index contributed by atoms with van der Waals surface area (Å²) in [4.78, 5) is 22.3. The molecule has 90 valence electrons. The summed E-state index contributed by atoms with van der Waals surface area (Å²) in [6.45, 7) is -0.00306. The van der Waals surface area contributed by atoms with Crippen LogP contribution in [0.3, 0.4) is 0 Å². The fourth-order valence-electron chi connectivity index (χ4n) is 1.64. The molecule has 6 heteroatoms. The molecule has 2 aromatic heterocycles. The number of aliphatic hydroxyl groups excluding tert-OH is 1. The second-order valence-corrected chi connectivity index (χ2v) is 4.67. The van der Waals surface area contributed by atoms with Gasteiger partial charge in [-0.05, 0) is 17.5 Å². The van der Waals surface area contributed by atoms with Gasteiger partial charge < -0.3 is 14.8 Å². The lowest BCUT2D eigenvalue weighted by molar-refractivity contribution is -0.139. The van der Waals surface area contributed by atoms with Crippen molar-refractivity contribution in [2.45, 2.75) is 19.1 Å². The minimum Gasteiger partial charge on any atom is -0.481 e. The Morgan fingerprint density at radius 1 is 1.47 bits per heavy atom. The van der Waals surface area contributed by atoms with E-state index >= 15 is 0 Å². The highest BCUT2D eigenvalue weighted by Crippen LogP contribution is 2.16. The summed E-state index contributed by atoms with van der Waals surface area (Å²) in [7, 11) is 0. The predicted molar refractivity (Wildman–Crippen MR) is 64.3 cm³/mol. The van der Waals surface area contributed by atoms with Gasteiger partial charge in [0.1, 0.15) is 0 Å². The van der Waals surface area contributed by atoms with Crippen LogP contribution in [0, 0.1) is 0 Å². The Morgan fingerprint density at radius 2 is 2.24 bits per heavy atom. The summed E-state index contributed by atoms with van der Waals surface area (Å²) < 4.78 is 2.22. The highest BCUT2D eigenvalue weighted by Gasteiger charge is 2.12. The Morgan fingerprint density at radius 3 is 2.94 bits per heavy atom. The summed E-state index contributed by atoms with van der Waals surface area (Å²) in [5.74, 6) is -1.08. The minimum absolute atomic E-state index is 0.00306. The number of thiophene rings is 1. The number of aliphatic hydroxyl groups is 1. The topological polar surface area (TPSA) is 79.5 Å². The number of hydrogen-bond acceptors (Lipinski definition) is 4. The molecular formula is C11H11NO4S. The van der Waals surface area contributed by atoms with Crippen molar-refractivity contribution in [3.05, 3.63) is 34.1 Å². The van der Waals surface area contributed by atoms with Gasteiger partial charge in [-0.15, -0.1) is 11.3 Å². The average Bonchev–Trinajstić information content (AvgIpc) is 2.69. The molecule has 0 radical (unpaired) electrons. The number of fused-ring (bicyclic) bond motifs is 1. The van der Waals surface area contributed by atoms with Crippen LogP contribution in [0.15, 0.2) is 28.5 Å². The number of aliphatic carboxylic acids is 1. The van der Waals surface area contributed by atoms with Gasteiger partial charge in [-0.25, -0.2) is 0 Å². The molecule has 0 amide bonds. The second-order valence-electron chi connectivity index (χ2n) is 3.72. The van der Waals surface area contributed by atoms with E-state index in [4.69, 9.17) is 5.11 Å². The van der Waals surface area contributed by atoms with Crippen LogP contribution in [0.5, 0.6) is 0 Å². The van der Waals surface area contributed by atoms with E-state index in [-0.39, 0.29) is 18.5 Å². The van der Waals surface area contributed by atoms with Crippen molar-refractivity contribution in [1.82, 2.24) is 4.57 Å². The van der Waals surface area contributed by atoms with Gasteiger partial charge in [0.2, 0.25) is 0 Å². The third kappa shape index (κ3) is 2.54. The molecule has 0 spiro atoms. The number of pyridine rings is 1. The van der Waals surface area contributed by atoms with E-state index in [0.717, 1.165) is 4.70 Å². The molecule has 2 rings (SSSR count). The lowest BCUT2D eigenvalue weighted by Gasteiger charge is -2.10. The van der Waals surface area contributed by atoms with Gasteiger partial charge in [0, 0.05) is 10.9 Å². The minimum atomic E-state index is -1.08. The van der Waals surface area contributed by atoms with Crippen molar-refractivity contribution in [2.24, 2.45) is 0 Å². The Kier molecular flexibility index (Phi) is 3.26. The number of carboxylic acids is 1. The molecule has 1 unspecified atom stereocenters. The van der Waals surface area contributed by atoms with Crippen LogP contribution in [0.4, 0.5) is 0 Å². The zero-order valence-electron chi connectivity index (χ0n) is 8.87. The average molecular weight is 253 g/mol. The van der Waals surface area contributed by atoms with Gasteiger partial charge in [-0.2, -0.15) is 0 Å². The fraction of sp³-hybridized carbons (Fsp3) is 0.273. The molecule has 0 aliphatic carbocycles. The van der Waals surface area contributed by atoms with Gasteiger partial charge in [-0.1, -0.05) is 0 Å². The molecule has 0 bridgehead atoms. The van der Waals surface area contributed by atoms with E-state index in [1.807, 2.05) is 5.38 Å². The molecule has 0 saturated carbocycles. The smallest absolute Gasteiger partial charge is 0.306 e. The number of aromatic nitrogens is 1. The first kappa shape index (κ1) is 11.8. The summed E-state index contributed by atoms with van der Waals surface area (Å²) in [5.41, 5.74) is -0.201. The molecule has 0 aliphatic heterocycles. The molecule has 2 heterocycles. The number of hydrogen-bond donors (Lipinski definition) is 2. The zero-order chi connectivity index (χ0) is 12.4. The quantitative estimate of drug-likeness (QED) is 0.848. The maximum absolute atomic E-state index is 11.9. The van der Waals surface area contributed by atoms with E-state index in [1.54, 1.807) is 18.3 Å². The number of rotatable bonds is 4. The first-order chi connectivity index (χ1) is 8.08. The number of carbonyl (C=O) groups is 1. The maximum Gasteiger partial charge on any atom is 0.306 e. The fourth-order valence-corrected chi connectivity index (χ4v) is 2.42. The third-order valence-corrected chi connectivity index (χ3v) is 3.29. The van der Waals surface area contributed by atoms with Crippen LogP contribution >= 0.6 is 11.3 Å². The van der Waals surface area contributed by atoms with Gasteiger partial charge in [0.25, 0.3) is 5.56 Å². The van der Waals surface area contributed by atoms with Gasteiger partial charge in [-0.3, -0.25) is 9.59 Å². The summed E-state index contributed by atoms with van der Waals surface area (Å²) >= 11 is 1.47. The van der Waals surface area contributed by atoms with Crippen LogP contribution in [0.2, 0.25) is 0 Å². The Balaban J connectivity index is 2.27. The molecule has 1 atom stereocenters. The SMILES string of the molecule is O=C(O)CC(O)Cn1ccc2sccc2c1=O. The van der Waals surface area contributed by atoms with Crippen molar-refractivity contribution in [3.8, 4) is 0 Å².